The summed E-state index contributed by atoms with van der Waals surface area (Å²) in [5.74, 6) is 1.15. The summed E-state index contributed by atoms with van der Waals surface area (Å²) in [6, 6.07) is 21.2. The first kappa shape index (κ1) is 23.1. The predicted molar refractivity (Wildman–Crippen MR) is 145 cm³/mol. The zero-order chi connectivity index (χ0) is 25.0. The van der Waals surface area contributed by atoms with Gasteiger partial charge in [0.15, 0.2) is 11.4 Å². The van der Waals surface area contributed by atoms with Gasteiger partial charge in [0.05, 0.1) is 0 Å². The van der Waals surface area contributed by atoms with E-state index in [-0.39, 0.29) is 6.04 Å². The van der Waals surface area contributed by atoms with E-state index in [1.165, 1.54) is 0 Å². The maximum Gasteiger partial charge on any atom is 0.228 e. The molecule has 3 aromatic carbocycles. The molecule has 1 aliphatic heterocycles. The average Bonchev–Trinajstić information content (AvgIpc) is 3.54. The molecule has 2 atom stereocenters. The molecule has 6 rings (SSSR count). The molecule has 0 saturated carbocycles. The molecule has 1 aliphatic rings. The van der Waals surface area contributed by atoms with Crippen LogP contribution in [0.4, 0.5) is 11.6 Å². The fraction of sp³-hybridized carbons (Fsp3) is 0.154. The number of anilines is 2. The van der Waals surface area contributed by atoms with E-state index in [0.29, 0.717) is 22.0 Å². The summed E-state index contributed by atoms with van der Waals surface area (Å²) in [4.78, 5) is 6.49. The summed E-state index contributed by atoms with van der Waals surface area (Å²) < 4.78 is 4.70. The lowest BCUT2D eigenvalue weighted by atomic mass is 9.82. The molecule has 0 radical (unpaired) electrons. The number of hydrogen-bond donors (Lipinski definition) is 1. The number of benzene rings is 3. The second-order valence-electron chi connectivity index (χ2n) is 8.78. The SMILES string of the molecule is CN1c2ccc(C(O)(c3ccc(I)cc3)c3nncn3C)cc2C(c2cccc(Cl)c2)n2ncnc21. The Morgan fingerprint density at radius 2 is 1.78 bits per heavy atom. The topological polar surface area (TPSA) is 84.9 Å². The Kier molecular flexibility index (Phi) is 5.58. The molecule has 3 heterocycles. The molecule has 0 spiro atoms. The minimum absolute atomic E-state index is 0.284. The number of fused-ring (bicyclic) bond motifs is 2. The monoisotopic (exact) mass is 609 g/mol. The van der Waals surface area contributed by atoms with Crippen molar-refractivity contribution in [1.29, 1.82) is 0 Å². The number of aryl methyl sites for hydroxylation is 1. The summed E-state index contributed by atoms with van der Waals surface area (Å²) >= 11 is 8.64. The maximum absolute atomic E-state index is 12.4. The molecule has 0 amide bonds. The molecule has 5 aromatic rings. The molecule has 180 valence electrons. The molecule has 2 unspecified atom stereocenters. The smallest absolute Gasteiger partial charge is 0.228 e. The van der Waals surface area contributed by atoms with Crippen molar-refractivity contribution in [3.8, 4) is 0 Å². The minimum Gasteiger partial charge on any atom is -0.373 e. The Balaban J connectivity index is 1.61. The lowest BCUT2D eigenvalue weighted by Gasteiger charge is -2.35. The molecule has 0 bridgehead atoms. The molecule has 0 aliphatic carbocycles. The third kappa shape index (κ3) is 3.53. The fourth-order valence-corrected chi connectivity index (χ4v) is 5.49. The highest BCUT2D eigenvalue weighted by Crippen LogP contribution is 2.45. The molecule has 10 heteroatoms. The quantitative estimate of drug-likeness (QED) is 0.298. The number of aromatic nitrogens is 6. The van der Waals surface area contributed by atoms with E-state index in [9.17, 15) is 5.11 Å². The lowest BCUT2D eigenvalue weighted by molar-refractivity contribution is 0.112. The average molecular weight is 610 g/mol. The van der Waals surface area contributed by atoms with Gasteiger partial charge >= 0.3 is 0 Å². The Morgan fingerprint density at radius 3 is 2.50 bits per heavy atom. The first-order chi connectivity index (χ1) is 17.4. The van der Waals surface area contributed by atoms with Crippen LogP contribution in [0.15, 0.2) is 79.4 Å². The number of halogens is 2. The van der Waals surface area contributed by atoms with Crippen molar-refractivity contribution in [1.82, 2.24) is 29.5 Å². The van der Waals surface area contributed by atoms with Crippen LogP contribution in [0.2, 0.25) is 5.02 Å². The van der Waals surface area contributed by atoms with Gasteiger partial charge in [0, 0.05) is 33.9 Å². The Bertz CT molecular complexity index is 1580. The normalized spacial score (nSPS) is 16.4. The van der Waals surface area contributed by atoms with Gasteiger partial charge in [0.2, 0.25) is 5.95 Å². The molecule has 0 fully saturated rings. The van der Waals surface area contributed by atoms with Crippen molar-refractivity contribution in [3.05, 3.63) is 116 Å². The van der Waals surface area contributed by atoms with Crippen LogP contribution < -0.4 is 4.90 Å². The van der Waals surface area contributed by atoms with Crippen LogP contribution in [0.5, 0.6) is 0 Å². The second-order valence-corrected chi connectivity index (χ2v) is 10.5. The van der Waals surface area contributed by atoms with Gasteiger partial charge in [-0.1, -0.05) is 41.9 Å². The molecule has 1 N–H and O–H groups in total. The Morgan fingerprint density at radius 1 is 1.00 bits per heavy atom. The molecular weight excluding hydrogens is 589 g/mol. The van der Waals surface area contributed by atoms with E-state index in [4.69, 9.17) is 11.6 Å². The molecule has 8 nitrogen and oxygen atoms in total. The minimum atomic E-state index is -1.54. The van der Waals surface area contributed by atoms with Crippen LogP contribution in [0.25, 0.3) is 0 Å². The van der Waals surface area contributed by atoms with Crippen LogP contribution >= 0.6 is 34.2 Å². The zero-order valence-electron chi connectivity index (χ0n) is 19.4. The van der Waals surface area contributed by atoms with E-state index in [1.54, 1.807) is 17.2 Å². The van der Waals surface area contributed by atoms with E-state index < -0.39 is 5.60 Å². The highest BCUT2D eigenvalue weighted by molar-refractivity contribution is 14.1. The molecule has 36 heavy (non-hydrogen) atoms. The van der Waals surface area contributed by atoms with E-state index in [2.05, 4.69) is 42.9 Å². The molecule has 0 saturated heterocycles. The van der Waals surface area contributed by atoms with E-state index >= 15 is 0 Å². The first-order valence-corrected chi connectivity index (χ1v) is 12.7. The van der Waals surface area contributed by atoms with Crippen LogP contribution in [0.3, 0.4) is 0 Å². The fourth-order valence-electron chi connectivity index (χ4n) is 4.93. The van der Waals surface area contributed by atoms with Crippen LogP contribution in [-0.2, 0) is 12.6 Å². The summed E-state index contributed by atoms with van der Waals surface area (Å²) in [6.45, 7) is 0. The van der Waals surface area contributed by atoms with Crippen molar-refractivity contribution in [2.45, 2.75) is 11.6 Å². The van der Waals surface area contributed by atoms with Gasteiger partial charge in [-0.25, -0.2) is 4.68 Å². The highest BCUT2D eigenvalue weighted by Gasteiger charge is 2.40. The predicted octanol–water partition coefficient (Wildman–Crippen LogP) is 4.67. The van der Waals surface area contributed by atoms with Gasteiger partial charge in [-0.05, 0) is 75.7 Å². The molecule has 2 aromatic heterocycles. The number of nitrogens with zero attached hydrogens (tertiary/aromatic N) is 7. The maximum atomic E-state index is 12.4. The van der Waals surface area contributed by atoms with Crippen LogP contribution in [-0.4, -0.2) is 41.7 Å². The number of hydrogen-bond acceptors (Lipinski definition) is 6. The molecular formula is C26H21ClIN7O. The highest BCUT2D eigenvalue weighted by atomic mass is 127. The number of rotatable bonds is 4. The van der Waals surface area contributed by atoms with Gasteiger partial charge in [-0.3, -0.25) is 0 Å². The van der Waals surface area contributed by atoms with Gasteiger partial charge in [-0.2, -0.15) is 10.1 Å². The second kappa shape index (κ2) is 8.68. The number of aliphatic hydroxyl groups is 1. The lowest BCUT2D eigenvalue weighted by Crippen LogP contribution is -2.34. The first-order valence-electron chi connectivity index (χ1n) is 11.2. The van der Waals surface area contributed by atoms with Gasteiger partial charge in [0.25, 0.3) is 0 Å². The summed E-state index contributed by atoms with van der Waals surface area (Å²) in [7, 11) is 3.79. The van der Waals surface area contributed by atoms with E-state index in [0.717, 1.165) is 26.3 Å². The zero-order valence-corrected chi connectivity index (χ0v) is 22.3. The van der Waals surface area contributed by atoms with Gasteiger partial charge in [0.1, 0.15) is 18.7 Å². The van der Waals surface area contributed by atoms with Gasteiger partial charge < -0.3 is 14.6 Å². The summed E-state index contributed by atoms with van der Waals surface area (Å²) in [5.41, 5.74) is 2.72. The Labute approximate surface area is 226 Å². The van der Waals surface area contributed by atoms with E-state index in [1.807, 2.05) is 90.4 Å². The van der Waals surface area contributed by atoms with Crippen molar-refractivity contribution < 1.29 is 5.11 Å². The van der Waals surface area contributed by atoms with Crippen molar-refractivity contribution in [2.75, 3.05) is 11.9 Å². The summed E-state index contributed by atoms with van der Waals surface area (Å²) in [5, 5.41) is 26.0. The van der Waals surface area contributed by atoms with Crippen LogP contribution in [0.1, 0.15) is 34.1 Å². The van der Waals surface area contributed by atoms with Crippen molar-refractivity contribution in [3.63, 3.8) is 0 Å². The standard InChI is InChI=1S/C26H21ClIN7O/c1-33-15-30-32-24(33)26(36,17-6-9-20(28)10-7-17)18-8-11-22-21(13-18)23(16-4-3-5-19(27)12-16)35-25(34(22)2)29-14-31-35/h3-15,23,36H,1-2H3. The third-order valence-electron chi connectivity index (χ3n) is 6.66. The van der Waals surface area contributed by atoms with Crippen LogP contribution in [0, 0.1) is 3.57 Å². The summed E-state index contributed by atoms with van der Waals surface area (Å²) in [6.07, 6.45) is 3.15. The Hall–Kier alpha value is -3.28. The largest absolute Gasteiger partial charge is 0.373 e. The van der Waals surface area contributed by atoms with Gasteiger partial charge in [-0.15, -0.1) is 10.2 Å². The van der Waals surface area contributed by atoms with Crippen molar-refractivity contribution in [2.24, 2.45) is 7.05 Å². The van der Waals surface area contributed by atoms with Crippen molar-refractivity contribution >= 4 is 45.8 Å². The third-order valence-corrected chi connectivity index (χ3v) is 7.62.